The van der Waals surface area contributed by atoms with Crippen molar-refractivity contribution in [3.05, 3.63) is 11.6 Å². The van der Waals surface area contributed by atoms with Gasteiger partial charge >= 0.3 is 5.97 Å². The van der Waals surface area contributed by atoms with Crippen LogP contribution in [0.15, 0.2) is 11.6 Å². The lowest BCUT2D eigenvalue weighted by Gasteiger charge is -2.29. The molecule has 1 atom stereocenters. The van der Waals surface area contributed by atoms with Crippen LogP contribution < -0.4 is 0 Å². The Morgan fingerprint density at radius 3 is 2.67 bits per heavy atom. The number of carbonyl (C=O) groups is 3. The molecule has 0 aromatic carbocycles. The number of Topliss-reactive ketones (excluding diaryl/α,β-unsaturated/α-hetero) is 1. The number of hydrogen-bond donors (Lipinski definition) is 0. The number of allylic oxidation sites excluding steroid dienone is 2. The summed E-state index contributed by atoms with van der Waals surface area (Å²) in [6, 6.07) is 0. The zero-order valence-electron chi connectivity index (χ0n) is 9.12. The summed E-state index contributed by atoms with van der Waals surface area (Å²) < 4.78 is 4.81. The molecule has 1 rings (SSSR count). The molecule has 0 unspecified atom stereocenters. The number of carbonyl (C=O) groups excluding carboxylic acids is 3. The molecule has 0 aromatic rings. The summed E-state index contributed by atoms with van der Waals surface area (Å²) in [5.41, 5.74) is -0.456. The Balaban J connectivity index is 2.84. The first-order valence-electron chi connectivity index (χ1n) is 4.74. The predicted octanol–water partition coefficient (Wildman–Crippen LogP) is 1.04. The lowest BCUT2D eigenvalue weighted by molar-refractivity contribution is -0.148. The first kappa shape index (κ1) is 11.6. The molecule has 0 fully saturated rings. The van der Waals surface area contributed by atoms with E-state index in [1.165, 1.54) is 13.0 Å². The highest BCUT2D eigenvalue weighted by atomic mass is 16.5. The van der Waals surface area contributed by atoms with Crippen LogP contribution in [0, 0.1) is 5.41 Å². The molecular formula is C11H14O4. The number of esters is 1. The number of rotatable bonds is 2. The van der Waals surface area contributed by atoms with Crippen molar-refractivity contribution in [2.45, 2.75) is 27.2 Å². The van der Waals surface area contributed by atoms with Gasteiger partial charge in [0.2, 0.25) is 0 Å². The van der Waals surface area contributed by atoms with Crippen molar-refractivity contribution in [3.63, 3.8) is 0 Å². The average Bonchev–Trinajstić information content (AvgIpc) is 2.11. The van der Waals surface area contributed by atoms with Gasteiger partial charge in [-0.2, -0.15) is 0 Å². The van der Waals surface area contributed by atoms with Gasteiger partial charge in [-0.15, -0.1) is 0 Å². The Morgan fingerprint density at radius 2 is 2.13 bits per heavy atom. The van der Waals surface area contributed by atoms with Crippen LogP contribution in [0.3, 0.4) is 0 Å². The highest BCUT2D eigenvalue weighted by Gasteiger charge is 2.39. The van der Waals surface area contributed by atoms with Crippen molar-refractivity contribution in [3.8, 4) is 0 Å². The molecule has 0 saturated heterocycles. The van der Waals surface area contributed by atoms with Crippen molar-refractivity contribution in [2.75, 3.05) is 6.61 Å². The molecule has 0 N–H and O–H groups in total. The highest BCUT2D eigenvalue weighted by molar-refractivity contribution is 6.11. The molecule has 0 aromatic heterocycles. The largest absolute Gasteiger partial charge is 0.465 e. The Labute approximate surface area is 88.3 Å². The maximum absolute atomic E-state index is 11.8. The van der Waals surface area contributed by atoms with Gasteiger partial charge in [0, 0.05) is 13.3 Å². The Bertz CT molecular complexity index is 354. The van der Waals surface area contributed by atoms with Gasteiger partial charge in [-0.25, -0.2) is 0 Å². The molecule has 0 saturated carbocycles. The van der Waals surface area contributed by atoms with Crippen LogP contribution in [0.5, 0.6) is 0 Å². The molecule has 0 radical (unpaired) electrons. The SMILES string of the molecule is CC(=O)OC[C@]1(C)CC(=O)C=C(C)C1=O. The summed E-state index contributed by atoms with van der Waals surface area (Å²) in [7, 11) is 0. The zero-order chi connectivity index (χ0) is 11.6. The molecule has 0 spiro atoms. The first-order valence-corrected chi connectivity index (χ1v) is 4.74. The minimum atomic E-state index is -0.887. The fourth-order valence-electron chi connectivity index (χ4n) is 1.68. The summed E-state index contributed by atoms with van der Waals surface area (Å²) in [5.74, 6) is -0.659. The van der Waals surface area contributed by atoms with Gasteiger partial charge in [-0.3, -0.25) is 14.4 Å². The van der Waals surface area contributed by atoms with Crippen LogP contribution in [0.4, 0.5) is 0 Å². The van der Waals surface area contributed by atoms with Gasteiger partial charge in [0.05, 0.1) is 5.41 Å². The summed E-state index contributed by atoms with van der Waals surface area (Å²) in [6.45, 7) is 4.50. The predicted molar refractivity (Wildman–Crippen MR) is 53.1 cm³/mol. The van der Waals surface area contributed by atoms with E-state index in [-0.39, 0.29) is 24.6 Å². The van der Waals surface area contributed by atoms with Crippen LogP contribution in [0.25, 0.3) is 0 Å². The van der Waals surface area contributed by atoms with Gasteiger partial charge in [-0.05, 0) is 25.5 Å². The van der Waals surface area contributed by atoms with E-state index in [0.29, 0.717) is 5.57 Å². The quantitative estimate of drug-likeness (QED) is 0.639. The van der Waals surface area contributed by atoms with E-state index in [0.717, 1.165) is 0 Å². The standard InChI is InChI=1S/C11H14O4/c1-7-4-9(13)5-11(3,10(7)14)6-15-8(2)12/h4H,5-6H2,1-3H3/t11-/m0/s1. The monoisotopic (exact) mass is 210 g/mol. The molecule has 82 valence electrons. The van der Waals surface area contributed by atoms with Gasteiger partial charge in [-0.1, -0.05) is 0 Å². The Kier molecular flexibility index (Phi) is 3.07. The van der Waals surface area contributed by atoms with Crippen LogP contribution in [-0.2, 0) is 19.1 Å². The lowest BCUT2D eigenvalue weighted by atomic mass is 9.75. The highest BCUT2D eigenvalue weighted by Crippen LogP contribution is 2.31. The maximum Gasteiger partial charge on any atom is 0.302 e. The van der Waals surface area contributed by atoms with E-state index in [2.05, 4.69) is 0 Å². The number of hydrogen-bond acceptors (Lipinski definition) is 4. The number of ketones is 2. The van der Waals surface area contributed by atoms with Crippen LogP contribution in [-0.4, -0.2) is 24.1 Å². The van der Waals surface area contributed by atoms with Gasteiger partial charge < -0.3 is 4.74 Å². The van der Waals surface area contributed by atoms with Crippen molar-refractivity contribution in [1.29, 1.82) is 0 Å². The molecule has 0 aliphatic heterocycles. The lowest BCUT2D eigenvalue weighted by Crippen LogP contribution is -2.39. The molecule has 4 heteroatoms. The Hall–Kier alpha value is -1.45. The second-order valence-electron chi connectivity index (χ2n) is 4.14. The fraction of sp³-hybridized carbons (Fsp3) is 0.545. The zero-order valence-corrected chi connectivity index (χ0v) is 9.12. The topological polar surface area (TPSA) is 60.4 Å². The minimum Gasteiger partial charge on any atom is -0.465 e. The van der Waals surface area contributed by atoms with Crippen LogP contribution >= 0.6 is 0 Å². The smallest absolute Gasteiger partial charge is 0.302 e. The average molecular weight is 210 g/mol. The summed E-state index contributed by atoms with van der Waals surface area (Å²) >= 11 is 0. The van der Waals surface area contributed by atoms with Crippen LogP contribution in [0.2, 0.25) is 0 Å². The molecule has 15 heavy (non-hydrogen) atoms. The molecule has 0 heterocycles. The molecule has 0 bridgehead atoms. The third-order valence-corrected chi connectivity index (χ3v) is 2.44. The van der Waals surface area contributed by atoms with Gasteiger partial charge in [0.1, 0.15) is 6.61 Å². The van der Waals surface area contributed by atoms with E-state index in [1.807, 2.05) is 0 Å². The molecule has 1 aliphatic carbocycles. The van der Waals surface area contributed by atoms with Crippen molar-refractivity contribution in [2.24, 2.45) is 5.41 Å². The molecule has 4 nitrogen and oxygen atoms in total. The number of ether oxygens (including phenoxy) is 1. The van der Waals surface area contributed by atoms with E-state index in [1.54, 1.807) is 13.8 Å². The van der Waals surface area contributed by atoms with E-state index < -0.39 is 11.4 Å². The second kappa shape index (κ2) is 3.96. The maximum atomic E-state index is 11.8. The summed E-state index contributed by atoms with van der Waals surface area (Å²) in [4.78, 5) is 33.8. The van der Waals surface area contributed by atoms with Crippen LogP contribution in [0.1, 0.15) is 27.2 Å². The molecule has 1 aliphatic rings. The minimum absolute atomic E-state index is 0.0297. The van der Waals surface area contributed by atoms with E-state index in [4.69, 9.17) is 4.74 Å². The van der Waals surface area contributed by atoms with Crippen molar-refractivity contribution < 1.29 is 19.1 Å². The summed E-state index contributed by atoms with van der Waals surface area (Å²) in [6.07, 6.45) is 1.45. The van der Waals surface area contributed by atoms with Gasteiger partial charge in [0.25, 0.3) is 0 Å². The third-order valence-electron chi connectivity index (χ3n) is 2.44. The summed E-state index contributed by atoms with van der Waals surface area (Å²) in [5, 5.41) is 0. The normalized spacial score (nSPS) is 26.2. The van der Waals surface area contributed by atoms with Crippen molar-refractivity contribution in [1.82, 2.24) is 0 Å². The molecule has 0 amide bonds. The van der Waals surface area contributed by atoms with E-state index >= 15 is 0 Å². The fourth-order valence-corrected chi connectivity index (χ4v) is 1.68. The second-order valence-corrected chi connectivity index (χ2v) is 4.14. The van der Waals surface area contributed by atoms with Gasteiger partial charge in [0.15, 0.2) is 11.6 Å². The molecular weight excluding hydrogens is 196 g/mol. The van der Waals surface area contributed by atoms with Crippen molar-refractivity contribution >= 4 is 17.5 Å². The van der Waals surface area contributed by atoms with E-state index in [9.17, 15) is 14.4 Å². The Morgan fingerprint density at radius 1 is 1.53 bits per heavy atom. The third kappa shape index (κ3) is 2.52. The first-order chi connectivity index (χ1) is 6.85.